The minimum absolute atomic E-state index is 0.138. The van der Waals surface area contributed by atoms with E-state index in [4.69, 9.17) is 16.3 Å². The van der Waals surface area contributed by atoms with Crippen LogP contribution in [0.3, 0.4) is 0 Å². The number of urea groups is 1. The van der Waals surface area contributed by atoms with Gasteiger partial charge >= 0.3 is 12.0 Å². The molecule has 36 heavy (non-hydrogen) atoms. The smallest absolute Gasteiger partial charge is 0.338 e. The number of ether oxygens (including phenoxy) is 1. The zero-order valence-electron chi connectivity index (χ0n) is 20.2. The van der Waals surface area contributed by atoms with Gasteiger partial charge < -0.3 is 15.0 Å². The van der Waals surface area contributed by atoms with E-state index in [1.54, 1.807) is 61.3 Å². The standard InChI is InChI=1S/C26H28ClFN4O4/c1-3-36-25(34)22-21(30(2)26(35)29-23(22)18-9-5-7-11-20(18)28)16-31-12-14-32(15-13-31)24(33)17-8-4-6-10-19(17)27/h4-11,23H,3,12-16H2,1-2H3,(H,29,35)/t23-/m0/s1. The van der Waals surface area contributed by atoms with Crippen LogP contribution in [0.4, 0.5) is 9.18 Å². The lowest BCUT2D eigenvalue weighted by molar-refractivity contribution is -0.139. The molecule has 0 aliphatic carbocycles. The van der Waals surface area contributed by atoms with E-state index in [0.29, 0.717) is 42.5 Å². The van der Waals surface area contributed by atoms with Crippen LogP contribution in [-0.4, -0.2) is 79.0 Å². The molecule has 2 aliphatic heterocycles. The Morgan fingerprint density at radius 2 is 1.75 bits per heavy atom. The molecule has 1 fully saturated rings. The molecule has 0 aromatic heterocycles. The summed E-state index contributed by atoms with van der Waals surface area (Å²) >= 11 is 6.19. The quantitative estimate of drug-likeness (QED) is 0.597. The Kier molecular flexibility index (Phi) is 7.91. The normalized spacial score (nSPS) is 18.8. The van der Waals surface area contributed by atoms with Crippen molar-refractivity contribution >= 4 is 29.5 Å². The first-order valence-electron chi connectivity index (χ1n) is 11.8. The van der Waals surface area contributed by atoms with Gasteiger partial charge in [-0.15, -0.1) is 0 Å². The van der Waals surface area contributed by atoms with Crippen LogP contribution < -0.4 is 5.32 Å². The molecule has 4 rings (SSSR count). The van der Waals surface area contributed by atoms with Gasteiger partial charge in [0.25, 0.3) is 5.91 Å². The number of nitrogens with one attached hydrogen (secondary N) is 1. The van der Waals surface area contributed by atoms with Crippen LogP contribution in [0.5, 0.6) is 0 Å². The first-order valence-corrected chi connectivity index (χ1v) is 12.1. The van der Waals surface area contributed by atoms with Crippen LogP contribution in [-0.2, 0) is 9.53 Å². The summed E-state index contributed by atoms with van der Waals surface area (Å²) in [6, 6.07) is 11.5. The Bertz CT molecular complexity index is 1200. The maximum atomic E-state index is 14.7. The van der Waals surface area contributed by atoms with Gasteiger partial charge in [-0.2, -0.15) is 0 Å². The minimum Gasteiger partial charge on any atom is -0.463 e. The van der Waals surface area contributed by atoms with E-state index in [1.807, 2.05) is 0 Å². The van der Waals surface area contributed by atoms with Gasteiger partial charge in [-0.25, -0.2) is 14.0 Å². The second kappa shape index (κ2) is 11.1. The maximum absolute atomic E-state index is 14.7. The number of esters is 1. The Morgan fingerprint density at radius 3 is 2.42 bits per heavy atom. The second-order valence-corrected chi connectivity index (χ2v) is 9.00. The molecule has 0 radical (unpaired) electrons. The summed E-state index contributed by atoms with van der Waals surface area (Å²) in [5, 5.41) is 3.14. The molecule has 1 N–H and O–H groups in total. The number of halogens is 2. The van der Waals surface area contributed by atoms with Gasteiger partial charge in [-0.1, -0.05) is 41.9 Å². The Labute approximate surface area is 214 Å². The highest BCUT2D eigenvalue weighted by Crippen LogP contribution is 2.33. The lowest BCUT2D eigenvalue weighted by atomic mass is 9.94. The van der Waals surface area contributed by atoms with Crippen LogP contribution in [0.15, 0.2) is 59.8 Å². The Balaban J connectivity index is 1.58. The average molecular weight is 515 g/mol. The molecule has 2 heterocycles. The molecule has 10 heteroatoms. The van der Waals surface area contributed by atoms with Gasteiger partial charge in [-0.05, 0) is 25.1 Å². The number of rotatable bonds is 6. The van der Waals surface area contributed by atoms with E-state index in [1.165, 1.54) is 11.0 Å². The number of carbonyl (C=O) groups excluding carboxylic acids is 3. The molecule has 0 bridgehead atoms. The van der Waals surface area contributed by atoms with E-state index in [0.717, 1.165) is 0 Å². The summed E-state index contributed by atoms with van der Waals surface area (Å²) < 4.78 is 20.0. The molecule has 0 spiro atoms. The summed E-state index contributed by atoms with van der Waals surface area (Å²) in [6.45, 7) is 4.05. The number of carbonyl (C=O) groups is 3. The van der Waals surface area contributed by atoms with E-state index >= 15 is 0 Å². The topological polar surface area (TPSA) is 82.2 Å². The van der Waals surface area contributed by atoms with Crippen LogP contribution in [0.1, 0.15) is 28.9 Å². The third kappa shape index (κ3) is 5.22. The minimum atomic E-state index is -0.980. The zero-order valence-corrected chi connectivity index (χ0v) is 20.9. The zero-order chi connectivity index (χ0) is 25.8. The van der Waals surface area contributed by atoms with Gasteiger partial charge in [0.15, 0.2) is 0 Å². The molecular formula is C26H28ClFN4O4. The summed E-state index contributed by atoms with van der Waals surface area (Å²) in [4.78, 5) is 43.9. The van der Waals surface area contributed by atoms with Crippen LogP contribution in [0.25, 0.3) is 0 Å². The predicted octanol–water partition coefficient (Wildman–Crippen LogP) is 3.45. The molecule has 2 aliphatic rings. The molecule has 0 unspecified atom stereocenters. The summed E-state index contributed by atoms with van der Waals surface area (Å²) in [7, 11) is 1.57. The van der Waals surface area contributed by atoms with Crippen molar-refractivity contribution in [3.63, 3.8) is 0 Å². The third-order valence-corrected chi connectivity index (χ3v) is 6.76. The van der Waals surface area contributed by atoms with E-state index < -0.39 is 23.9 Å². The largest absolute Gasteiger partial charge is 0.463 e. The molecular weight excluding hydrogens is 487 g/mol. The second-order valence-electron chi connectivity index (χ2n) is 8.59. The fourth-order valence-electron chi connectivity index (χ4n) is 4.47. The van der Waals surface area contributed by atoms with Gasteiger partial charge in [0.2, 0.25) is 0 Å². The SMILES string of the molecule is CCOC(=O)C1=C(CN2CCN(C(=O)c3ccccc3Cl)CC2)N(C)C(=O)N[C@H]1c1ccccc1F. The van der Waals surface area contributed by atoms with Crippen molar-refractivity contribution in [2.75, 3.05) is 46.4 Å². The third-order valence-electron chi connectivity index (χ3n) is 6.43. The molecule has 2 aromatic carbocycles. The molecule has 1 saturated heterocycles. The summed E-state index contributed by atoms with van der Waals surface area (Å²) in [5.41, 5.74) is 1.28. The van der Waals surface area contributed by atoms with Crippen molar-refractivity contribution in [1.29, 1.82) is 0 Å². The van der Waals surface area contributed by atoms with Crippen molar-refractivity contribution < 1.29 is 23.5 Å². The number of nitrogens with zero attached hydrogens (tertiary/aromatic N) is 3. The maximum Gasteiger partial charge on any atom is 0.338 e. The van der Waals surface area contributed by atoms with Crippen molar-refractivity contribution in [1.82, 2.24) is 20.0 Å². The first kappa shape index (κ1) is 25.7. The highest BCUT2D eigenvalue weighted by molar-refractivity contribution is 6.33. The van der Waals surface area contributed by atoms with E-state index in [9.17, 15) is 18.8 Å². The van der Waals surface area contributed by atoms with Crippen molar-refractivity contribution in [3.05, 3.63) is 81.8 Å². The summed E-state index contributed by atoms with van der Waals surface area (Å²) in [5.74, 6) is -1.28. The number of piperazine rings is 1. The fraction of sp³-hybridized carbons (Fsp3) is 0.346. The number of likely N-dealkylation sites (N-methyl/N-ethyl adjacent to an activating group) is 1. The molecule has 190 valence electrons. The lowest BCUT2D eigenvalue weighted by Gasteiger charge is -2.39. The number of hydrogen-bond donors (Lipinski definition) is 1. The van der Waals surface area contributed by atoms with Crippen LogP contribution in [0.2, 0.25) is 5.02 Å². The van der Waals surface area contributed by atoms with Crippen LogP contribution >= 0.6 is 11.6 Å². The van der Waals surface area contributed by atoms with E-state index in [-0.39, 0.29) is 30.2 Å². The number of hydrogen-bond acceptors (Lipinski definition) is 5. The Morgan fingerprint density at radius 1 is 1.08 bits per heavy atom. The van der Waals surface area contributed by atoms with Crippen molar-refractivity contribution in [3.8, 4) is 0 Å². The van der Waals surface area contributed by atoms with E-state index in [2.05, 4.69) is 10.2 Å². The van der Waals surface area contributed by atoms with Crippen molar-refractivity contribution in [2.45, 2.75) is 13.0 Å². The molecule has 0 saturated carbocycles. The molecule has 3 amide bonds. The van der Waals surface area contributed by atoms with Gasteiger partial charge in [0.05, 0.1) is 28.8 Å². The van der Waals surface area contributed by atoms with Gasteiger partial charge in [-0.3, -0.25) is 14.6 Å². The summed E-state index contributed by atoms with van der Waals surface area (Å²) in [6.07, 6.45) is 0. The Hall–Kier alpha value is -3.43. The predicted molar refractivity (Wildman–Crippen MR) is 133 cm³/mol. The molecule has 2 aromatic rings. The van der Waals surface area contributed by atoms with Crippen LogP contribution in [0, 0.1) is 5.82 Å². The van der Waals surface area contributed by atoms with Crippen molar-refractivity contribution in [2.24, 2.45) is 0 Å². The average Bonchev–Trinajstić information content (AvgIpc) is 2.87. The molecule has 8 nitrogen and oxygen atoms in total. The lowest BCUT2D eigenvalue weighted by Crippen LogP contribution is -2.53. The monoisotopic (exact) mass is 514 g/mol. The fourth-order valence-corrected chi connectivity index (χ4v) is 4.68. The highest BCUT2D eigenvalue weighted by Gasteiger charge is 2.38. The number of benzene rings is 2. The van der Waals surface area contributed by atoms with Gasteiger partial charge in [0.1, 0.15) is 5.82 Å². The highest BCUT2D eigenvalue weighted by atomic mass is 35.5. The number of amides is 3. The molecule has 1 atom stereocenters. The van der Waals surface area contributed by atoms with Gasteiger partial charge in [0, 0.05) is 51.0 Å². The first-order chi connectivity index (χ1) is 17.3.